The summed E-state index contributed by atoms with van der Waals surface area (Å²) in [7, 11) is 2.17. The first kappa shape index (κ1) is 18.7. The Labute approximate surface area is 146 Å². The molecule has 5 heteroatoms. The number of nitrogens with zero attached hydrogens (tertiary/aromatic N) is 2. The van der Waals surface area contributed by atoms with Gasteiger partial charge in [0.1, 0.15) is 5.75 Å². The highest BCUT2D eigenvalue weighted by atomic mass is 16.5. The lowest BCUT2D eigenvalue weighted by Crippen LogP contribution is -2.46. The van der Waals surface area contributed by atoms with E-state index in [0.717, 1.165) is 44.9 Å². The molecule has 24 heavy (non-hydrogen) atoms. The predicted molar refractivity (Wildman–Crippen MR) is 97.7 cm³/mol. The predicted octanol–water partition coefficient (Wildman–Crippen LogP) is 2.09. The van der Waals surface area contributed by atoms with E-state index in [0.29, 0.717) is 24.6 Å². The van der Waals surface area contributed by atoms with Crippen LogP contribution in [0.3, 0.4) is 0 Å². The number of carbonyl (C=O) groups is 1. The molecule has 2 rings (SSSR count). The van der Waals surface area contributed by atoms with Crippen LogP contribution in [0.4, 0.5) is 0 Å². The Kier molecular flexibility index (Phi) is 7.53. The molecule has 1 aromatic carbocycles. The number of rotatable bonds is 8. The fourth-order valence-electron chi connectivity index (χ4n) is 2.85. The van der Waals surface area contributed by atoms with Gasteiger partial charge in [0.25, 0.3) is 5.91 Å². The summed E-state index contributed by atoms with van der Waals surface area (Å²) in [6.45, 7) is 11.2. The van der Waals surface area contributed by atoms with Crippen molar-refractivity contribution < 1.29 is 9.53 Å². The Morgan fingerprint density at radius 2 is 2.04 bits per heavy atom. The van der Waals surface area contributed by atoms with Crippen LogP contribution >= 0.6 is 0 Å². The van der Waals surface area contributed by atoms with Gasteiger partial charge in [0.2, 0.25) is 0 Å². The van der Waals surface area contributed by atoms with Crippen molar-refractivity contribution in [1.29, 1.82) is 0 Å². The zero-order valence-electron chi connectivity index (χ0n) is 15.3. The van der Waals surface area contributed by atoms with Gasteiger partial charge in [0.05, 0.1) is 6.61 Å². The summed E-state index contributed by atoms with van der Waals surface area (Å²) in [5.41, 5.74) is 0.662. The van der Waals surface area contributed by atoms with E-state index >= 15 is 0 Å². The van der Waals surface area contributed by atoms with Gasteiger partial charge in [-0.1, -0.05) is 19.9 Å². The Hall–Kier alpha value is -1.59. The molecule has 1 heterocycles. The van der Waals surface area contributed by atoms with Crippen LogP contribution in [0.2, 0.25) is 0 Å². The quantitative estimate of drug-likeness (QED) is 0.791. The van der Waals surface area contributed by atoms with E-state index in [-0.39, 0.29) is 5.91 Å². The molecule has 0 radical (unpaired) electrons. The second-order valence-corrected chi connectivity index (χ2v) is 6.80. The molecule has 5 nitrogen and oxygen atoms in total. The van der Waals surface area contributed by atoms with Crippen molar-refractivity contribution in [3.05, 3.63) is 29.8 Å². The van der Waals surface area contributed by atoms with Gasteiger partial charge in [-0.2, -0.15) is 0 Å². The van der Waals surface area contributed by atoms with Gasteiger partial charge >= 0.3 is 0 Å². The van der Waals surface area contributed by atoms with Crippen LogP contribution in [-0.4, -0.2) is 68.6 Å². The van der Waals surface area contributed by atoms with Gasteiger partial charge in [0.15, 0.2) is 0 Å². The van der Waals surface area contributed by atoms with Crippen LogP contribution in [0.25, 0.3) is 0 Å². The fraction of sp³-hybridized carbons (Fsp3) is 0.632. The molecule has 1 N–H and O–H groups in total. The summed E-state index contributed by atoms with van der Waals surface area (Å²) >= 11 is 0. The first-order valence-electron chi connectivity index (χ1n) is 9.00. The van der Waals surface area contributed by atoms with Crippen molar-refractivity contribution in [3.63, 3.8) is 0 Å². The highest BCUT2D eigenvalue weighted by Gasteiger charge is 2.16. The van der Waals surface area contributed by atoms with Gasteiger partial charge < -0.3 is 19.9 Å². The second-order valence-electron chi connectivity index (χ2n) is 6.80. The number of amides is 1. The van der Waals surface area contributed by atoms with Crippen molar-refractivity contribution in [2.45, 2.75) is 20.3 Å². The average Bonchev–Trinajstić information content (AvgIpc) is 2.60. The molecule has 0 aliphatic carbocycles. The third-order valence-electron chi connectivity index (χ3n) is 4.35. The maximum Gasteiger partial charge on any atom is 0.251 e. The van der Waals surface area contributed by atoms with E-state index in [1.54, 1.807) is 0 Å². The largest absolute Gasteiger partial charge is 0.494 e. The number of likely N-dealkylation sites (N-methyl/N-ethyl adjacent to an activating group) is 1. The standard InChI is InChI=1S/C19H31N3O2/c1-4-12-24-18-7-5-6-17(13-18)19(23)20-14-16(2)15-22-10-8-21(3)9-11-22/h5-7,13,16H,4,8-12,14-15H2,1-3H3,(H,20,23)/t16-/m0/s1. The lowest BCUT2D eigenvalue weighted by Gasteiger charge is -2.33. The van der Waals surface area contributed by atoms with Crippen molar-refractivity contribution in [3.8, 4) is 5.75 Å². The molecule has 0 bridgehead atoms. The second kappa shape index (κ2) is 9.64. The number of carbonyl (C=O) groups excluding carboxylic acids is 1. The summed E-state index contributed by atoms with van der Waals surface area (Å²) in [5, 5.41) is 3.05. The van der Waals surface area contributed by atoms with Gasteiger partial charge in [0, 0.05) is 44.8 Å². The van der Waals surface area contributed by atoms with Crippen molar-refractivity contribution in [2.24, 2.45) is 5.92 Å². The van der Waals surface area contributed by atoms with Crippen LogP contribution in [0.15, 0.2) is 24.3 Å². The van der Waals surface area contributed by atoms with E-state index in [2.05, 4.69) is 36.0 Å². The van der Waals surface area contributed by atoms with Crippen LogP contribution in [-0.2, 0) is 0 Å². The first-order chi connectivity index (χ1) is 11.6. The molecule has 1 aliphatic heterocycles. The zero-order chi connectivity index (χ0) is 17.4. The average molecular weight is 333 g/mol. The summed E-state index contributed by atoms with van der Waals surface area (Å²) in [4.78, 5) is 17.2. The Balaban J connectivity index is 1.75. The molecule has 0 spiro atoms. The summed E-state index contributed by atoms with van der Waals surface area (Å²) in [5.74, 6) is 1.18. The van der Waals surface area contributed by atoms with E-state index in [4.69, 9.17) is 4.74 Å². The number of piperazine rings is 1. The van der Waals surface area contributed by atoms with E-state index in [1.807, 2.05) is 24.3 Å². The molecule has 1 aromatic rings. The van der Waals surface area contributed by atoms with Crippen LogP contribution in [0.1, 0.15) is 30.6 Å². The highest BCUT2D eigenvalue weighted by molar-refractivity contribution is 5.94. The molecule has 0 saturated carbocycles. The molecule has 1 aliphatic rings. The molecular formula is C19H31N3O2. The minimum atomic E-state index is -0.0258. The molecule has 1 saturated heterocycles. The molecule has 0 aromatic heterocycles. The lowest BCUT2D eigenvalue weighted by atomic mass is 10.1. The molecular weight excluding hydrogens is 302 g/mol. The third kappa shape index (κ3) is 6.13. The summed E-state index contributed by atoms with van der Waals surface area (Å²) in [6, 6.07) is 7.41. The number of nitrogens with one attached hydrogen (secondary N) is 1. The molecule has 1 fully saturated rings. The number of ether oxygens (including phenoxy) is 1. The maximum absolute atomic E-state index is 12.3. The Bertz CT molecular complexity index is 513. The SMILES string of the molecule is CCCOc1cccc(C(=O)NC[C@H](C)CN2CCN(C)CC2)c1. The maximum atomic E-state index is 12.3. The Morgan fingerprint density at radius 3 is 2.75 bits per heavy atom. The first-order valence-corrected chi connectivity index (χ1v) is 9.00. The van der Waals surface area contributed by atoms with E-state index < -0.39 is 0 Å². The smallest absolute Gasteiger partial charge is 0.251 e. The third-order valence-corrected chi connectivity index (χ3v) is 4.35. The summed E-state index contributed by atoms with van der Waals surface area (Å²) in [6.07, 6.45) is 0.959. The lowest BCUT2D eigenvalue weighted by molar-refractivity contribution is 0.0937. The van der Waals surface area contributed by atoms with Crippen LogP contribution in [0, 0.1) is 5.92 Å². The topological polar surface area (TPSA) is 44.8 Å². The van der Waals surface area contributed by atoms with Gasteiger partial charge in [-0.25, -0.2) is 0 Å². The Morgan fingerprint density at radius 1 is 1.29 bits per heavy atom. The highest BCUT2D eigenvalue weighted by Crippen LogP contribution is 2.13. The monoisotopic (exact) mass is 333 g/mol. The molecule has 0 unspecified atom stereocenters. The number of hydrogen-bond donors (Lipinski definition) is 1. The molecule has 1 amide bonds. The van der Waals surface area contributed by atoms with Crippen molar-refractivity contribution in [2.75, 3.05) is 52.9 Å². The normalized spacial score (nSPS) is 17.5. The van der Waals surface area contributed by atoms with Crippen molar-refractivity contribution >= 4 is 5.91 Å². The molecule has 134 valence electrons. The van der Waals surface area contributed by atoms with Crippen molar-refractivity contribution in [1.82, 2.24) is 15.1 Å². The van der Waals surface area contributed by atoms with E-state index in [9.17, 15) is 4.79 Å². The minimum Gasteiger partial charge on any atom is -0.494 e. The van der Waals surface area contributed by atoms with Gasteiger partial charge in [-0.15, -0.1) is 0 Å². The zero-order valence-corrected chi connectivity index (χ0v) is 15.3. The summed E-state index contributed by atoms with van der Waals surface area (Å²) < 4.78 is 5.59. The fourth-order valence-corrected chi connectivity index (χ4v) is 2.85. The molecule has 1 atom stereocenters. The number of hydrogen-bond acceptors (Lipinski definition) is 4. The van der Waals surface area contributed by atoms with Crippen LogP contribution in [0.5, 0.6) is 5.75 Å². The van der Waals surface area contributed by atoms with E-state index in [1.165, 1.54) is 0 Å². The van der Waals surface area contributed by atoms with Crippen LogP contribution < -0.4 is 10.1 Å². The number of benzene rings is 1. The van der Waals surface area contributed by atoms with Gasteiger partial charge in [-0.05, 0) is 37.6 Å². The minimum absolute atomic E-state index is 0.0258. The van der Waals surface area contributed by atoms with Gasteiger partial charge in [-0.3, -0.25) is 4.79 Å².